The summed E-state index contributed by atoms with van der Waals surface area (Å²) in [5.41, 5.74) is 2.44. The summed E-state index contributed by atoms with van der Waals surface area (Å²) < 4.78 is 5.44. The van der Waals surface area contributed by atoms with E-state index in [0.29, 0.717) is 0 Å². The standard InChI is InChI=1S/C15H22N4OS/c1-4-7-16-9-12-5-6-14(20-3)13(8-12)10-21-15-17-11(2)18-19-15/h5-6,8,16H,4,7,9-10H2,1-3H3,(H,17,18,19). The molecule has 0 radical (unpaired) electrons. The number of aromatic nitrogens is 3. The Morgan fingerprint density at radius 1 is 1.38 bits per heavy atom. The van der Waals surface area contributed by atoms with E-state index in [1.54, 1.807) is 18.9 Å². The first-order chi connectivity index (χ1) is 10.2. The molecule has 0 unspecified atom stereocenters. The van der Waals surface area contributed by atoms with Gasteiger partial charge in [-0.25, -0.2) is 4.98 Å². The Hall–Kier alpha value is -1.53. The molecule has 21 heavy (non-hydrogen) atoms. The molecule has 0 spiro atoms. The van der Waals surface area contributed by atoms with E-state index in [9.17, 15) is 0 Å². The van der Waals surface area contributed by atoms with Gasteiger partial charge in [0, 0.05) is 17.9 Å². The van der Waals surface area contributed by atoms with Crippen molar-refractivity contribution in [2.75, 3.05) is 13.7 Å². The lowest BCUT2D eigenvalue weighted by molar-refractivity contribution is 0.411. The fraction of sp³-hybridized carbons (Fsp3) is 0.467. The summed E-state index contributed by atoms with van der Waals surface area (Å²) >= 11 is 1.61. The Morgan fingerprint density at radius 3 is 2.90 bits per heavy atom. The highest BCUT2D eigenvalue weighted by molar-refractivity contribution is 7.98. The topological polar surface area (TPSA) is 62.8 Å². The molecule has 1 aromatic heterocycles. The first-order valence-electron chi connectivity index (χ1n) is 7.11. The summed E-state index contributed by atoms with van der Waals surface area (Å²) in [5.74, 6) is 2.54. The van der Waals surface area contributed by atoms with Gasteiger partial charge in [0.05, 0.1) is 7.11 Å². The number of hydrogen-bond acceptors (Lipinski definition) is 5. The maximum absolute atomic E-state index is 5.44. The van der Waals surface area contributed by atoms with Crippen molar-refractivity contribution in [1.29, 1.82) is 0 Å². The van der Waals surface area contributed by atoms with E-state index in [0.717, 1.165) is 42.0 Å². The Morgan fingerprint density at radius 2 is 2.24 bits per heavy atom. The molecular formula is C15H22N4OS. The molecule has 0 bridgehead atoms. The summed E-state index contributed by atoms with van der Waals surface area (Å²) in [6, 6.07) is 6.32. The molecule has 2 N–H and O–H groups in total. The first-order valence-corrected chi connectivity index (χ1v) is 8.09. The molecule has 1 aromatic carbocycles. The largest absolute Gasteiger partial charge is 0.496 e. The number of ether oxygens (including phenoxy) is 1. The summed E-state index contributed by atoms with van der Waals surface area (Å²) in [6.07, 6.45) is 1.14. The van der Waals surface area contributed by atoms with Gasteiger partial charge < -0.3 is 10.1 Å². The van der Waals surface area contributed by atoms with Crippen LogP contribution in [0.15, 0.2) is 23.4 Å². The zero-order valence-electron chi connectivity index (χ0n) is 12.8. The van der Waals surface area contributed by atoms with E-state index in [1.807, 2.05) is 13.0 Å². The van der Waals surface area contributed by atoms with E-state index in [-0.39, 0.29) is 0 Å². The zero-order chi connectivity index (χ0) is 15.1. The van der Waals surface area contributed by atoms with Gasteiger partial charge in [0.15, 0.2) is 0 Å². The Labute approximate surface area is 129 Å². The van der Waals surface area contributed by atoms with Gasteiger partial charge in [-0.05, 0) is 37.6 Å². The summed E-state index contributed by atoms with van der Waals surface area (Å²) in [7, 11) is 1.70. The molecule has 0 aliphatic carbocycles. The molecule has 0 aliphatic rings. The average molecular weight is 306 g/mol. The van der Waals surface area contributed by atoms with Crippen molar-refractivity contribution in [2.45, 2.75) is 37.7 Å². The summed E-state index contributed by atoms with van der Waals surface area (Å²) in [4.78, 5) is 4.31. The third-order valence-corrected chi connectivity index (χ3v) is 3.93. The zero-order valence-corrected chi connectivity index (χ0v) is 13.6. The van der Waals surface area contributed by atoms with Crippen molar-refractivity contribution in [3.8, 4) is 5.75 Å². The van der Waals surface area contributed by atoms with Crippen LogP contribution in [0.25, 0.3) is 0 Å². The van der Waals surface area contributed by atoms with E-state index < -0.39 is 0 Å². The van der Waals surface area contributed by atoms with E-state index in [2.05, 4.69) is 39.6 Å². The van der Waals surface area contributed by atoms with Gasteiger partial charge in [0.1, 0.15) is 11.6 Å². The van der Waals surface area contributed by atoms with Crippen LogP contribution in [0.2, 0.25) is 0 Å². The number of nitrogens with one attached hydrogen (secondary N) is 2. The average Bonchev–Trinajstić information content (AvgIpc) is 2.91. The molecule has 6 heteroatoms. The minimum absolute atomic E-state index is 0.768. The molecule has 0 saturated heterocycles. The van der Waals surface area contributed by atoms with Crippen LogP contribution >= 0.6 is 11.8 Å². The highest BCUT2D eigenvalue weighted by Gasteiger charge is 2.07. The van der Waals surface area contributed by atoms with E-state index >= 15 is 0 Å². The maximum atomic E-state index is 5.44. The molecule has 0 aliphatic heterocycles. The van der Waals surface area contributed by atoms with Crippen LogP contribution in [0, 0.1) is 6.92 Å². The van der Waals surface area contributed by atoms with Gasteiger partial charge in [-0.15, -0.1) is 5.10 Å². The number of rotatable bonds is 8. The predicted molar refractivity (Wildman–Crippen MR) is 85.7 cm³/mol. The molecule has 114 valence electrons. The van der Waals surface area contributed by atoms with Gasteiger partial charge in [0.25, 0.3) is 0 Å². The molecule has 5 nitrogen and oxygen atoms in total. The van der Waals surface area contributed by atoms with Gasteiger partial charge in [0.2, 0.25) is 5.16 Å². The van der Waals surface area contributed by atoms with Crippen molar-refractivity contribution in [2.24, 2.45) is 0 Å². The molecule has 0 saturated carbocycles. The number of nitrogens with zero attached hydrogens (tertiary/aromatic N) is 2. The lowest BCUT2D eigenvalue weighted by atomic mass is 10.1. The Bertz CT molecular complexity index is 571. The van der Waals surface area contributed by atoms with Crippen molar-refractivity contribution in [1.82, 2.24) is 20.5 Å². The van der Waals surface area contributed by atoms with Crippen LogP contribution in [0.1, 0.15) is 30.3 Å². The van der Waals surface area contributed by atoms with Crippen molar-refractivity contribution >= 4 is 11.8 Å². The third-order valence-electron chi connectivity index (χ3n) is 3.03. The normalized spacial score (nSPS) is 10.8. The second-order valence-corrected chi connectivity index (χ2v) is 5.76. The molecule has 1 heterocycles. The number of aryl methyl sites for hydroxylation is 1. The van der Waals surface area contributed by atoms with Crippen molar-refractivity contribution in [3.63, 3.8) is 0 Å². The molecule has 0 fully saturated rings. The fourth-order valence-electron chi connectivity index (χ4n) is 1.99. The third kappa shape index (κ3) is 4.75. The molecule has 2 aromatic rings. The fourth-order valence-corrected chi connectivity index (χ4v) is 2.82. The monoisotopic (exact) mass is 306 g/mol. The summed E-state index contributed by atoms with van der Waals surface area (Å²) in [5, 5.41) is 11.2. The van der Waals surface area contributed by atoms with E-state index in [4.69, 9.17) is 4.74 Å². The maximum Gasteiger partial charge on any atom is 0.208 e. The minimum Gasteiger partial charge on any atom is -0.496 e. The van der Waals surface area contributed by atoms with Crippen LogP contribution in [-0.2, 0) is 12.3 Å². The van der Waals surface area contributed by atoms with Gasteiger partial charge in [-0.1, -0.05) is 24.8 Å². The SMILES string of the molecule is CCCNCc1ccc(OC)c(CSc2n[nH]c(C)n2)c1. The molecule has 2 rings (SSSR count). The number of methoxy groups -OCH3 is 1. The van der Waals surface area contributed by atoms with Gasteiger partial charge >= 0.3 is 0 Å². The lowest BCUT2D eigenvalue weighted by Crippen LogP contribution is -2.13. The Kier molecular flexibility index (Phi) is 6.07. The second kappa shape index (κ2) is 8.05. The quantitative estimate of drug-likeness (QED) is 0.580. The lowest BCUT2D eigenvalue weighted by Gasteiger charge is -2.10. The number of aromatic amines is 1. The summed E-state index contributed by atoms with van der Waals surface area (Å²) in [6.45, 7) is 5.99. The second-order valence-electron chi connectivity index (χ2n) is 4.82. The first kappa shape index (κ1) is 15.9. The van der Waals surface area contributed by atoms with Crippen LogP contribution in [0.4, 0.5) is 0 Å². The minimum atomic E-state index is 0.768. The van der Waals surface area contributed by atoms with Crippen LogP contribution in [0.3, 0.4) is 0 Å². The molecule has 0 amide bonds. The number of hydrogen-bond donors (Lipinski definition) is 2. The van der Waals surface area contributed by atoms with Gasteiger partial charge in [-0.3, -0.25) is 5.10 Å². The number of H-pyrrole nitrogens is 1. The smallest absolute Gasteiger partial charge is 0.208 e. The van der Waals surface area contributed by atoms with Crippen LogP contribution in [-0.4, -0.2) is 28.8 Å². The van der Waals surface area contributed by atoms with Gasteiger partial charge in [-0.2, -0.15) is 0 Å². The molecular weight excluding hydrogens is 284 g/mol. The molecule has 0 atom stereocenters. The van der Waals surface area contributed by atoms with Crippen molar-refractivity contribution < 1.29 is 4.74 Å². The highest BCUT2D eigenvalue weighted by Crippen LogP contribution is 2.27. The van der Waals surface area contributed by atoms with Crippen LogP contribution < -0.4 is 10.1 Å². The highest BCUT2D eigenvalue weighted by atomic mass is 32.2. The van der Waals surface area contributed by atoms with Crippen molar-refractivity contribution in [3.05, 3.63) is 35.2 Å². The van der Waals surface area contributed by atoms with Crippen LogP contribution in [0.5, 0.6) is 5.75 Å². The number of thioether (sulfide) groups is 1. The van der Waals surface area contributed by atoms with E-state index in [1.165, 1.54) is 11.1 Å². The Balaban J connectivity index is 2.02. The number of benzene rings is 1. The predicted octanol–water partition coefficient (Wildman–Crippen LogP) is 2.91.